The van der Waals surface area contributed by atoms with Gasteiger partial charge < -0.3 is 10.1 Å². The Bertz CT molecular complexity index is 1470. The summed E-state index contributed by atoms with van der Waals surface area (Å²) in [4.78, 5) is 34.7. The summed E-state index contributed by atoms with van der Waals surface area (Å²) in [6, 6.07) is 13.8. The van der Waals surface area contributed by atoms with E-state index in [0.29, 0.717) is 5.69 Å². The van der Waals surface area contributed by atoms with Crippen LogP contribution in [-0.4, -0.2) is 38.4 Å². The first-order valence-electron chi connectivity index (χ1n) is 10.4. The number of rotatable bonds is 9. The number of esters is 1. The number of carbonyl (C=O) groups is 2. The van der Waals surface area contributed by atoms with Gasteiger partial charge in [-0.25, -0.2) is 13.2 Å². The van der Waals surface area contributed by atoms with Crippen LogP contribution in [-0.2, 0) is 19.6 Å². The molecule has 0 aliphatic rings. The standard InChI is InChI=1S/C23H18Cl3N3O7S/c1-2-28(14-6-4-3-5-7-14)37(34,35)21-11-16(17(24)12-19(21)26)23(31)36-13-22(30)27-20-9-8-15(29(32)33)10-18(20)25/h3-12H,2,13H2,1H3,(H,27,30). The molecular weight excluding hydrogens is 569 g/mol. The van der Waals surface area contributed by atoms with Crippen molar-refractivity contribution in [2.24, 2.45) is 0 Å². The average molecular weight is 587 g/mol. The first-order chi connectivity index (χ1) is 17.4. The van der Waals surface area contributed by atoms with Crippen LogP contribution in [0, 0.1) is 10.1 Å². The summed E-state index contributed by atoms with van der Waals surface area (Å²) < 4.78 is 32.8. The minimum atomic E-state index is -4.20. The Morgan fingerprint density at radius 2 is 1.68 bits per heavy atom. The molecule has 1 amide bonds. The van der Waals surface area contributed by atoms with Crippen molar-refractivity contribution in [3.8, 4) is 0 Å². The molecule has 0 heterocycles. The molecule has 14 heteroatoms. The fourth-order valence-corrected chi connectivity index (χ4v) is 5.73. The summed E-state index contributed by atoms with van der Waals surface area (Å²) >= 11 is 18.2. The summed E-state index contributed by atoms with van der Waals surface area (Å²) in [6.07, 6.45) is 0. The molecule has 3 aromatic carbocycles. The van der Waals surface area contributed by atoms with Gasteiger partial charge >= 0.3 is 5.97 Å². The molecule has 0 aromatic heterocycles. The van der Waals surface area contributed by atoms with Crippen molar-refractivity contribution in [1.29, 1.82) is 0 Å². The van der Waals surface area contributed by atoms with Gasteiger partial charge in [-0.15, -0.1) is 0 Å². The fourth-order valence-electron chi connectivity index (χ4n) is 3.20. The molecule has 194 valence electrons. The fraction of sp³-hybridized carbons (Fsp3) is 0.130. The van der Waals surface area contributed by atoms with Crippen LogP contribution >= 0.6 is 34.8 Å². The predicted octanol–water partition coefficient (Wildman–Crippen LogP) is 5.57. The normalized spacial score (nSPS) is 11.0. The number of hydrogen-bond acceptors (Lipinski definition) is 7. The Morgan fingerprint density at radius 1 is 1.00 bits per heavy atom. The number of nitrogens with one attached hydrogen (secondary N) is 1. The summed E-state index contributed by atoms with van der Waals surface area (Å²) in [5, 5.41) is 12.7. The van der Waals surface area contributed by atoms with Gasteiger partial charge in [0.25, 0.3) is 21.6 Å². The first-order valence-corrected chi connectivity index (χ1v) is 13.0. The highest BCUT2D eigenvalue weighted by atomic mass is 35.5. The maximum Gasteiger partial charge on any atom is 0.340 e. The lowest BCUT2D eigenvalue weighted by Gasteiger charge is -2.23. The van der Waals surface area contributed by atoms with E-state index in [1.54, 1.807) is 37.3 Å². The van der Waals surface area contributed by atoms with Crippen LogP contribution in [0.25, 0.3) is 0 Å². The monoisotopic (exact) mass is 585 g/mol. The van der Waals surface area contributed by atoms with Crippen LogP contribution in [0.3, 0.4) is 0 Å². The number of sulfonamides is 1. The van der Waals surface area contributed by atoms with Gasteiger partial charge in [-0.05, 0) is 37.3 Å². The summed E-state index contributed by atoms with van der Waals surface area (Å²) in [5.74, 6) is -1.88. The number of nitro benzene ring substituents is 1. The molecule has 1 N–H and O–H groups in total. The number of ether oxygens (including phenoxy) is 1. The number of para-hydroxylation sites is 1. The molecule has 3 aromatic rings. The van der Waals surface area contributed by atoms with E-state index < -0.39 is 33.4 Å². The molecule has 0 radical (unpaired) electrons. The van der Waals surface area contributed by atoms with E-state index in [1.807, 2.05) is 0 Å². The van der Waals surface area contributed by atoms with Gasteiger partial charge in [-0.3, -0.25) is 19.2 Å². The van der Waals surface area contributed by atoms with Crippen LogP contribution in [0.4, 0.5) is 17.1 Å². The third-order valence-electron chi connectivity index (χ3n) is 4.91. The Hall–Kier alpha value is -3.38. The van der Waals surface area contributed by atoms with E-state index in [4.69, 9.17) is 39.5 Å². The Kier molecular flexibility index (Phi) is 8.98. The number of amides is 1. The maximum atomic E-state index is 13.4. The lowest BCUT2D eigenvalue weighted by atomic mass is 10.2. The molecule has 37 heavy (non-hydrogen) atoms. The number of carbonyl (C=O) groups excluding carboxylic acids is 2. The van der Waals surface area contributed by atoms with Crippen molar-refractivity contribution in [1.82, 2.24) is 0 Å². The van der Waals surface area contributed by atoms with Gasteiger partial charge in [-0.2, -0.15) is 0 Å². The zero-order chi connectivity index (χ0) is 27.3. The highest BCUT2D eigenvalue weighted by Gasteiger charge is 2.29. The number of nitro groups is 1. The Morgan fingerprint density at radius 3 is 2.27 bits per heavy atom. The summed E-state index contributed by atoms with van der Waals surface area (Å²) in [5.41, 5.74) is -0.144. The molecule has 0 bridgehead atoms. The van der Waals surface area contributed by atoms with Crippen molar-refractivity contribution in [3.63, 3.8) is 0 Å². The molecule has 0 saturated carbocycles. The molecule has 0 spiro atoms. The van der Waals surface area contributed by atoms with E-state index in [-0.39, 0.29) is 43.4 Å². The van der Waals surface area contributed by atoms with Gasteiger partial charge in [-0.1, -0.05) is 53.0 Å². The van der Waals surface area contributed by atoms with E-state index in [9.17, 15) is 28.1 Å². The molecule has 0 aliphatic carbocycles. The smallest absolute Gasteiger partial charge is 0.340 e. The number of halogens is 3. The van der Waals surface area contributed by atoms with Gasteiger partial charge in [0.2, 0.25) is 0 Å². The second-order valence-electron chi connectivity index (χ2n) is 7.31. The van der Waals surface area contributed by atoms with E-state index in [1.165, 1.54) is 6.07 Å². The van der Waals surface area contributed by atoms with E-state index in [2.05, 4.69) is 5.32 Å². The molecule has 0 saturated heterocycles. The molecule has 0 unspecified atom stereocenters. The van der Waals surface area contributed by atoms with Gasteiger partial charge in [0.1, 0.15) is 4.90 Å². The highest BCUT2D eigenvalue weighted by Crippen LogP contribution is 2.33. The number of nitrogens with zero attached hydrogens (tertiary/aromatic N) is 2. The second-order valence-corrected chi connectivity index (χ2v) is 10.4. The van der Waals surface area contributed by atoms with Crippen LogP contribution in [0.15, 0.2) is 65.6 Å². The molecule has 0 aliphatic heterocycles. The maximum absolute atomic E-state index is 13.4. The third-order valence-corrected chi connectivity index (χ3v) is 7.91. The van der Waals surface area contributed by atoms with Crippen molar-refractivity contribution < 1.29 is 27.7 Å². The Labute approximate surface area is 226 Å². The minimum absolute atomic E-state index is 0.0618. The SMILES string of the molecule is CCN(c1ccccc1)S(=O)(=O)c1cc(C(=O)OCC(=O)Nc2ccc([N+](=O)[O-])cc2Cl)c(Cl)cc1Cl. The molecule has 0 atom stereocenters. The zero-order valence-corrected chi connectivity index (χ0v) is 22.1. The van der Waals surface area contributed by atoms with Crippen molar-refractivity contribution in [3.05, 3.63) is 91.4 Å². The minimum Gasteiger partial charge on any atom is -0.452 e. The second kappa shape index (κ2) is 11.8. The number of hydrogen-bond donors (Lipinski definition) is 1. The van der Waals surface area contributed by atoms with Gasteiger partial charge in [0, 0.05) is 18.7 Å². The lowest BCUT2D eigenvalue weighted by molar-refractivity contribution is -0.384. The molecule has 3 rings (SSSR count). The van der Waals surface area contributed by atoms with Crippen LogP contribution in [0.2, 0.25) is 15.1 Å². The van der Waals surface area contributed by atoms with Crippen LogP contribution in [0.1, 0.15) is 17.3 Å². The highest BCUT2D eigenvalue weighted by molar-refractivity contribution is 7.93. The van der Waals surface area contributed by atoms with Crippen LogP contribution < -0.4 is 9.62 Å². The molecule has 0 fully saturated rings. The topological polar surface area (TPSA) is 136 Å². The number of benzene rings is 3. The predicted molar refractivity (Wildman–Crippen MR) is 140 cm³/mol. The molecule has 10 nitrogen and oxygen atoms in total. The number of anilines is 2. The van der Waals surface area contributed by atoms with Crippen molar-refractivity contribution in [2.75, 3.05) is 22.8 Å². The van der Waals surface area contributed by atoms with E-state index in [0.717, 1.165) is 28.6 Å². The largest absolute Gasteiger partial charge is 0.452 e. The third kappa shape index (κ3) is 6.50. The Balaban J connectivity index is 1.79. The average Bonchev–Trinajstić information content (AvgIpc) is 2.84. The molecular formula is C23H18Cl3N3O7S. The van der Waals surface area contributed by atoms with Crippen LogP contribution in [0.5, 0.6) is 0 Å². The first kappa shape index (κ1) is 28.2. The van der Waals surface area contributed by atoms with Gasteiger partial charge in [0.15, 0.2) is 6.61 Å². The summed E-state index contributed by atoms with van der Waals surface area (Å²) in [6.45, 7) is 0.939. The van der Waals surface area contributed by atoms with Gasteiger partial charge in [0.05, 0.1) is 36.9 Å². The quantitative estimate of drug-likeness (QED) is 0.197. The van der Waals surface area contributed by atoms with Crippen molar-refractivity contribution >= 4 is 73.8 Å². The van der Waals surface area contributed by atoms with Crippen molar-refractivity contribution in [2.45, 2.75) is 11.8 Å². The lowest BCUT2D eigenvalue weighted by Crippen LogP contribution is -2.31. The number of non-ortho nitro benzene ring substituents is 1. The summed E-state index contributed by atoms with van der Waals surface area (Å²) in [7, 11) is -4.20. The zero-order valence-electron chi connectivity index (χ0n) is 19.0. The van der Waals surface area contributed by atoms with E-state index >= 15 is 0 Å².